The Bertz CT molecular complexity index is 713. The Morgan fingerprint density at radius 3 is 2.48 bits per heavy atom. The summed E-state index contributed by atoms with van der Waals surface area (Å²) >= 11 is 12.1. The Labute approximate surface area is 144 Å². The maximum atomic E-state index is 5.74. The first-order chi connectivity index (χ1) is 9.88. The number of ether oxygens (including phenoxy) is 1. The molecule has 0 saturated carbocycles. The van der Waals surface area contributed by atoms with Gasteiger partial charge in [0, 0.05) is 0 Å². The summed E-state index contributed by atoms with van der Waals surface area (Å²) in [6, 6.07) is 3.87. The van der Waals surface area contributed by atoms with Crippen LogP contribution in [0.2, 0.25) is 0 Å². The molecule has 21 heavy (non-hydrogen) atoms. The molecule has 0 aliphatic rings. The predicted octanol–water partition coefficient (Wildman–Crippen LogP) is 4.44. The molecule has 112 valence electrons. The molecule has 8 heteroatoms. The van der Waals surface area contributed by atoms with Crippen molar-refractivity contribution in [3.8, 4) is 5.75 Å². The third kappa shape index (κ3) is 4.02. The summed E-state index contributed by atoms with van der Waals surface area (Å²) < 4.78 is 9.49. The van der Waals surface area contributed by atoms with E-state index in [2.05, 4.69) is 47.2 Å². The second-order valence-corrected chi connectivity index (χ2v) is 6.71. The van der Waals surface area contributed by atoms with E-state index in [0.717, 1.165) is 20.3 Å². The smallest absolute Gasteiger partial charge is 0.216 e. The molecule has 0 saturated heterocycles. The Kier molecular flexibility index (Phi) is 5.34. The van der Waals surface area contributed by atoms with Gasteiger partial charge >= 0.3 is 0 Å². The van der Waals surface area contributed by atoms with E-state index in [9.17, 15) is 0 Å². The van der Waals surface area contributed by atoms with E-state index in [1.165, 1.54) is 0 Å². The highest BCUT2D eigenvalue weighted by Gasteiger charge is 2.10. The van der Waals surface area contributed by atoms with Gasteiger partial charge in [-0.25, -0.2) is 0 Å². The van der Waals surface area contributed by atoms with Crippen LogP contribution in [0, 0.1) is 11.7 Å². The second-order valence-electron chi connectivity index (χ2n) is 4.61. The van der Waals surface area contributed by atoms with Crippen molar-refractivity contribution in [3.05, 3.63) is 37.2 Å². The molecule has 2 rings (SSSR count). The number of hydrogen-bond acceptors (Lipinski definition) is 4. The maximum Gasteiger partial charge on any atom is 0.216 e. The second kappa shape index (κ2) is 6.85. The van der Waals surface area contributed by atoms with Crippen molar-refractivity contribution >= 4 is 50.3 Å². The molecule has 0 spiro atoms. The zero-order valence-corrected chi connectivity index (χ0v) is 15.7. The summed E-state index contributed by atoms with van der Waals surface area (Å²) in [6.07, 6.45) is 1.82. The van der Waals surface area contributed by atoms with Gasteiger partial charge in [0.2, 0.25) is 4.77 Å². The lowest BCUT2D eigenvalue weighted by Gasteiger charge is -2.13. The minimum atomic E-state index is 0.101. The van der Waals surface area contributed by atoms with E-state index in [4.69, 9.17) is 17.0 Å². The highest BCUT2D eigenvalue weighted by atomic mass is 79.9. The Morgan fingerprint density at radius 1 is 1.38 bits per heavy atom. The molecular weight excluding hydrogens is 420 g/mol. The van der Waals surface area contributed by atoms with Crippen LogP contribution >= 0.6 is 44.1 Å². The Balaban J connectivity index is 2.32. The van der Waals surface area contributed by atoms with Gasteiger partial charge in [0.05, 0.1) is 21.3 Å². The quantitative estimate of drug-likeness (QED) is 0.572. The van der Waals surface area contributed by atoms with Crippen LogP contribution in [0.25, 0.3) is 0 Å². The van der Waals surface area contributed by atoms with Crippen molar-refractivity contribution in [1.82, 2.24) is 14.9 Å². The molecule has 0 amide bonds. The SMILES string of the molecule is Cc1n[nH]c(=S)n1/N=C\c1cc(Br)c(OC(C)C)c(Br)c1. The van der Waals surface area contributed by atoms with Crippen LogP contribution in [-0.4, -0.2) is 27.2 Å². The van der Waals surface area contributed by atoms with Gasteiger partial charge in [-0.2, -0.15) is 14.9 Å². The number of nitrogens with one attached hydrogen (secondary N) is 1. The molecule has 1 N–H and O–H groups in total. The Morgan fingerprint density at radius 2 is 2.00 bits per heavy atom. The molecule has 1 heterocycles. The summed E-state index contributed by atoms with van der Waals surface area (Å²) in [6.45, 7) is 5.80. The van der Waals surface area contributed by atoms with E-state index < -0.39 is 0 Å². The number of aryl methyl sites for hydroxylation is 1. The van der Waals surface area contributed by atoms with Crippen LogP contribution in [0.3, 0.4) is 0 Å². The van der Waals surface area contributed by atoms with E-state index in [-0.39, 0.29) is 6.10 Å². The molecule has 0 aliphatic heterocycles. The molecule has 0 atom stereocenters. The number of aromatic nitrogens is 3. The summed E-state index contributed by atoms with van der Waals surface area (Å²) in [4.78, 5) is 0. The highest BCUT2D eigenvalue weighted by molar-refractivity contribution is 9.11. The summed E-state index contributed by atoms with van der Waals surface area (Å²) in [5.41, 5.74) is 0.910. The number of hydrogen-bond donors (Lipinski definition) is 1. The van der Waals surface area contributed by atoms with Crippen molar-refractivity contribution in [2.75, 3.05) is 0 Å². The number of rotatable bonds is 4. The normalized spacial score (nSPS) is 11.5. The van der Waals surface area contributed by atoms with Gasteiger partial charge in [-0.15, -0.1) is 0 Å². The van der Waals surface area contributed by atoms with Gasteiger partial charge in [0.1, 0.15) is 11.6 Å². The number of nitrogens with zero attached hydrogens (tertiary/aromatic N) is 3. The van der Waals surface area contributed by atoms with Crippen molar-refractivity contribution in [1.29, 1.82) is 0 Å². The minimum absolute atomic E-state index is 0.101. The van der Waals surface area contributed by atoms with Gasteiger partial charge in [-0.05, 0) is 82.5 Å². The molecule has 0 unspecified atom stereocenters. The van der Waals surface area contributed by atoms with Crippen LogP contribution < -0.4 is 4.74 Å². The summed E-state index contributed by atoms with van der Waals surface area (Å²) in [7, 11) is 0. The lowest BCUT2D eigenvalue weighted by molar-refractivity contribution is 0.239. The number of halogens is 2. The number of H-pyrrole nitrogens is 1. The number of aromatic amines is 1. The van der Waals surface area contributed by atoms with E-state index >= 15 is 0 Å². The summed E-state index contributed by atoms with van der Waals surface area (Å²) in [5.74, 6) is 1.48. The zero-order chi connectivity index (χ0) is 15.6. The van der Waals surface area contributed by atoms with Crippen LogP contribution in [0.4, 0.5) is 0 Å². The van der Waals surface area contributed by atoms with Crippen molar-refractivity contribution in [2.45, 2.75) is 26.9 Å². The molecule has 5 nitrogen and oxygen atoms in total. The van der Waals surface area contributed by atoms with Crippen LogP contribution in [0.5, 0.6) is 5.75 Å². The fraction of sp³-hybridized carbons (Fsp3) is 0.308. The monoisotopic (exact) mass is 432 g/mol. The fourth-order valence-electron chi connectivity index (χ4n) is 1.63. The molecule has 1 aromatic carbocycles. The predicted molar refractivity (Wildman–Crippen MR) is 92.7 cm³/mol. The molecule has 0 fully saturated rings. The average molecular weight is 434 g/mol. The first-order valence-corrected chi connectivity index (χ1v) is 8.22. The van der Waals surface area contributed by atoms with Gasteiger partial charge in [-0.3, -0.25) is 5.10 Å². The lowest BCUT2D eigenvalue weighted by atomic mass is 10.2. The molecule has 0 aliphatic carbocycles. The van der Waals surface area contributed by atoms with Crippen LogP contribution in [0.15, 0.2) is 26.2 Å². The zero-order valence-electron chi connectivity index (χ0n) is 11.7. The summed E-state index contributed by atoms with van der Waals surface area (Å²) in [5, 5.41) is 11.0. The largest absolute Gasteiger partial charge is 0.489 e. The molecular formula is C13H14Br2N4OS. The van der Waals surface area contributed by atoms with Gasteiger partial charge < -0.3 is 4.74 Å². The molecule has 2 aromatic rings. The van der Waals surface area contributed by atoms with E-state index in [1.807, 2.05) is 32.9 Å². The van der Waals surface area contributed by atoms with Gasteiger partial charge in [0.15, 0.2) is 0 Å². The minimum Gasteiger partial charge on any atom is -0.489 e. The third-order valence-electron chi connectivity index (χ3n) is 2.51. The fourth-order valence-corrected chi connectivity index (χ4v) is 3.27. The van der Waals surface area contributed by atoms with Crippen molar-refractivity contribution in [3.63, 3.8) is 0 Å². The topological polar surface area (TPSA) is 55.2 Å². The first kappa shape index (κ1) is 16.4. The highest BCUT2D eigenvalue weighted by Crippen LogP contribution is 2.35. The van der Waals surface area contributed by atoms with Gasteiger partial charge in [-0.1, -0.05) is 0 Å². The Hall–Kier alpha value is -0.990. The van der Waals surface area contributed by atoms with Crippen LogP contribution in [-0.2, 0) is 0 Å². The molecule has 0 bridgehead atoms. The van der Waals surface area contributed by atoms with Gasteiger partial charge in [0.25, 0.3) is 0 Å². The van der Waals surface area contributed by atoms with Crippen molar-refractivity contribution in [2.24, 2.45) is 5.10 Å². The molecule has 0 radical (unpaired) electrons. The lowest BCUT2D eigenvalue weighted by Crippen LogP contribution is -2.06. The maximum absolute atomic E-state index is 5.74. The number of benzene rings is 1. The standard InChI is InChI=1S/C13H14Br2N4OS/c1-7(2)20-12-10(14)4-9(5-11(12)15)6-16-19-8(3)17-18-13(19)21/h4-7H,1-3H3,(H,18,21)/b16-6-. The molecule has 1 aromatic heterocycles. The average Bonchev–Trinajstić information content (AvgIpc) is 2.71. The third-order valence-corrected chi connectivity index (χ3v) is 3.95. The van der Waals surface area contributed by atoms with E-state index in [1.54, 1.807) is 10.9 Å². The van der Waals surface area contributed by atoms with E-state index in [0.29, 0.717) is 10.6 Å². The van der Waals surface area contributed by atoms with Crippen molar-refractivity contribution < 1.29 is 4.74 Å². The first-order valence-electron chi connectivity index (χ1n) is 6.22. The van der Waals surface area contributed by atoms with Crippen LogP contribution in [0.1, 0.15) is 25.2 Å².